The van der Waals surface area contributed by atoms with E-state index in [1.54, 1.807) is 11.8 Å². The van der Waals surface area contributed by atoms with Gasteiger partial charge in [-0.2, -0.15) is 5.10 Å². The Morgan fingerprint density at radius 1 is 1.30 bits per heavy atom. The third-order valence-corrected chi connectivity index (χ3v) is 5.71. The van der Waals surface area contributed by atoms with Crippen LogP contribution in [0.3, 0.4) is 0 Å². The number of hydrogen-bond donors (Lipinski definition) is 0. The lowest BCUT2D eigenvalue weighted by Crippen LogP contribution is -2.37. The number of aromatic nitrogens is 2. The maximum atomic E-state index is 13.4. The summed E-state index contributed by atoms with van der Waals surface area (Å²) in [6.45, 7) is 7.43. The first-order valence-electron chi connectivity index (χ1n) is 9.56. The van der Waals surface area contributed by atoms with E-state index in [4.69, 9.17) is 9.47 Å². The third-order valence-electron chi connectivity index (χ3n) is 5.71. The van der Waals surface area contributed by atoms with Crippen LogP contribution in [0, 0.1) is 6.92 Å². The molecule has 144 valence electrons. The van der Waals surface area contributed by atoms with Crippen molar-refractivity contribution in [1.82, 2.24) is 14.7 Å². The van der Waals surface area contributed by atoms with Crippen molar-refractivity contribution in [1.29, 1.82) is 0 Å². The topological polar surface area (TPSA) is 56.6 Å². The van der Waals surface area contributed by atoms with Gasteiger partial charge in [0.15, 0.2) is 0 Å². The standard InChI is InChI=1S/C21H27N3O3/c1-12-8-16-11-24(7-6-15(16)10-18(12)26-5)21(25)20-17-9-13(2)27-14(3)19(17)22-23(20)4/h8,10,13-14H,6-7,9,11H2,1-5H3/t13-,14+/m1/s1. The van der Waals surface area contributed by atoms with E-state index in [1.165, 1.54) is 11.1 Å². The van der Waals surface area contributed by atoms with E-state index in [9.17, 15) is 4.79 Å². The number of carbonyl (C=O) groups excluding carboxylic acids is 1. The van der Waals surface area contributed by atoms with E-state index in [0.717, 1.165) is 35.4 Å². The van der Waals surface area contributed by atoms with Crippen molar-refractivity contribution < 1.29 is 14.3 Å². The average Bonchev–Trinajstić information content (AvgIpc) is 2.96. The van der Waals surface area contributed by atoms with E-state index in [-0.39, 0.29) is 18.1 Å². The molecule has 1 aromatic heterocycles. The molecule has 0 N–H and O–H groups in total. The van der Waals surface area contributed by atoms with Gasteiger partial charge in [0, 0.05) is 32.1 Å². The van der Waals surface area contributed by atoms with Crippen LogP contribution in [0.4, 0.5) is 0 Å². The average molecular weight is 369 g/mol. The van der Waals surface area contributed by atoms with Crippen LogP contribution < -0.4 is 4.74 Å². The number of fused-ring (bicyclic) bond motifs is 2. The first-order valence-corrected chi connectivity index (χ1v) is 9.56. The van der Waals surface area contributed by atoms with E-state index in [1.807, 2.05) is 32.7 Å². The number of amides is 1. The minimum absolute atomic E-state index is 0.0617. The zero-order chi connectivity index (χ0) is 19.3. The third kappa shape index (κ3) is 3.02. The highest BCUT2D eigenvalue weighted by molar-refractivity contribution is 5.94. The SMILES string of the molecule is COc1cc2c(cc1C)CN(C(=O)c1c3c(nn1C)[C@H](C)O[C@H](C)C3)CC2. The highest BCUT2D eigenvalue weighted by atomic mass is 16.5. The molecule has 0 saturated carbocycles. The molecule has 0 unspecified atom stereocenters. The molecule has 3 heterocycles. The lowest BCUT2D eigenvalue weighted by Gasteiger charge is -2.30. The smallest absolute Gasteiger partial charge is 0.272 e. The predicted octanol–water partition coefficient (Wildman–Crippen LogP) is 2.96. The van der Waals surface area contributed by atoms with Crippen molar-refractivity contribution >= 4 is 5.91 Å². The first-order chi connectivity index (χ1) is 12.9. The highest BCUT2D eigenvalue weighted by Gasteiger charge is 2.34. The van der Waals surface area contributed by atoms with Gasteiger partial charge >= 0.3 is 0 Å². The second kappa shape index (κ2) is 6.68. The summed E-state index contributed by atoms with van der Waals surface area (Å²) in [7, 11) is 3.56. The molecule has 0 spiro atoms. The summed E-state index contributed by atoms with van der Waals surface area (Å²) in [6.07, 6.45) is 1.59. The van der Waals surface area contributed by atoms with Gasteiger partial charge in [-0.05, 0) is 49.9 Å². The van der Waals surface area contributed by atoms with Crippen molar-refractivity contribution in [3.8, 4) is 5.75 Å². The molecule has 2 aliphatic rings. The minimum atomic E-state index is -0.0753. The molecular weight excluding hydrogens is 342 g/mol. The largest absolute Gasteiger partial charge is 0.496 e. The number of methoxy groups -OCH3 is 1. The summed E-state index contributed by atoms with van der Waals surface area (Å²) >= 11 is 0. The van der Waals surface area contributed by atoms with E-state index < -0.39 is 0 Å². The van der Waals surface area contributed by atoms with Crippen molar-refractivity contribution in [2.24, 2.45) is 7.05 Å². The molecule has 1 amide bonds. The molecule has 6 nitrogen and oxygen atoms in total. The Morgan fingerprint density at radius 2 is 2.07 bits per heavy atom. The molecule has 2 atom stereocenters. The summed E-state index contributed by atoms with van der Waals surface area (Å²) in [5, 5.41) is 4.59. The number of rotatable bonds is 2. The number of nitrogens with zero attached hydrogens (tertiary/aromatic N) is 3. The Kier molecular flexibility index (Phi) is 4.46. The van der Waals surface area contributed by atoms with E-state index in [2.05, 4.69) is 17.2 Å². The molecule has 0 fully saturated rings. The Balaban J connectivity index is 1.65. The summed E-state index contributed by atoms with van der Waals surface area (Å²) in [4.78, 5) is 15.3. The number of hydrogen-bond acceptors (Lipinski definition) is 4. The molecular formula is C21H27N3O3. The van der Waals surface area contributed by atoms with Crippen molar-refractivity contribution in [3.05, 3.63) is 45.8 Å². The second-order valence-electron chi connectivity index (χ2n) is 7.70. The second-order valence-corrected chi connectivity index (χ2v) is 7.70. The molecule has 0 saturated heterocycles. The Bertz CT molecular complexity index is 903. The van der Waals surface area contributed by atoms with Gasteiger partial charge in [-0.25, -0.2) is 0 Å². The molecule has 27 heavy (non-hydrogen) atoms. The summed E-state index contributed by atoms with van der Waals surface area (Å²) < 4.78 is 13.0. The predicted molar refractivity (Wildman–Crippen MR) is 102 cm³/mol. The Labute approximate surface area is 160 Å². The normalized spacial score (nSPS) is 21.6. The zero-order valence-corrected chi connectivity index (χ0v) is 16.7. The minimum Gasteiger partial charge on any atom is -0.496 e. The summed E-state index contributed by atoms with van der Waals surface area (Å²) in [6, 6.07) is 4.25. The van der Waals surface area contributed by atoms with E-state index in [0.29, 0.717) is 18.8 Å². The Morgan fingerprint density at radius 3 is 2.81 bits per heavy atom. The van der Waals surface area contributed by atoms with Gasteiger partial charge < -0.3 is 14.4 Å². The molecule has 1 aromatic carbocycles. The van der Waals surface area contributed by atoms with Gasteiger partial charge in [-0.3, -0.25) is 9.48 Å². The van der Waals surface area contributed by atoms with Crippen LogP contribution in [-0.4, -0.2) is 40.3 Å². The molecule has 0 radical (unpaired) electrons. The van der Waals surface area contributed by atoms with Crippen LogP contribution in [0.5, 0.6) is 5.75 Å². The first kappa shape index (κ1) is 18.0. The monoisotopic (exact) mass is 369 g/mol. The van der Waals surface area contributed by atoms with Gasteiger partial charge in [0.1, 0.15) is 11.4 Å². The quantitative estimate of drug-likeness (QED) is 0.817. The van der Waals surface area contributed by atoms with Crippen LogP contribution in [0.25, 0.3) is 0 Å². The summed E-state index contributed by atoms with van der Waals surface area (Å²) in [5.74, 6) is 0.976. The highest BCUT2D eigenvalue weighted by Crippen LogP contribution is 2.33. The fraction of sp³-hybridized carbons (Fsp3) is 0.524. The van der Waals surface area contributed by atoms with Gasteiger partial charge in [0.05, 0.1) is 25.0 Å². The van der Waals surface area contributed by atoms with Crippen molar-refractivity contribution in [3.63, 3.8) is 0 Å². The fourth-order valence-corrected chi connectivity index (χ4v) is 4.39. The maximum Gasteiger partial charge on any atom is 0.272 e. The molecule has 0 bridgehead atoms. The van der Waals surface area contributed by atoms with Crippen LogP contribution in [0.15, 0.2) is 12.1 Å². The van der Waals surface area contributed by atoms with Crippen molar-refractivity contribution in [2.45, 2.75) is 52.4 Å². The zero-order valence-electron chi connectivity index (χ0n) is 16.7. The molecule has 0 aliphatic carbocycles. The van der Waals surface area contributed by atoms with Crippen molar-refractivity contribution in [2.75, 3.05) is 13.7 Å². The molecule has 2 aliphatic heterocycles. The van der Waals surface area contributed by atoms with Gasteiger partial charge in [0.25, 0.3) is 5.91 Å². The van der Waals surface area contributed by atoms with Crippen LogP contribution in [0.2, 0.25) is 0 Å². The van der Waals surface area contributed by atoms with Crippen LogP contribution in [-0.2, 0) is 31.2 Å². The molecule has 6 heteroatoms. The van der Waals surface area contributed by atoms with Crippen LogP contribution in [0.1, 0.15) is 58.4 Å². The fourth-order valence-electron chi connectivity index (χ4n) is 4.39. The lowest BCUT2D eigenvalue weighted by molar-refractivity contribution is -0.00714. The lowest BCUT2D eigenvalue weighted by atomic mass is 9.95. The number of ether oxygens (including phenoxy) is 2. The van der Waals surface area contributed by atoms with E-state index >= 15 is 0 Å². The maximum absolute atomic E-state index is 13.4. The van der Waals surface area contributed by atoms with Gasteiger partial charge in [0.2, 0.25) is 0 Å². The molecule has 4 rings (SSSR count). The number of carbonyl (C=O) groups is 1. The van der Waals surface area contributed by atoms with Crippen LogP contribution >= 0.6 is 0 Å². The number of aryl methyl sites for hydroxylation is 2. The molecule has 2 aromatic rings. The Hall–Kier alpha value is -2.34. The summed E-state index contributed by atoms with van der Waals surface area (Å²) in [5.41, 5.74) is 6.23. The van der Waals surface area contributed by atoms with Gasteiger partial charge in [-0.15, -0.1) is 0 Å². The number of benzene rings is 1. The van der Waals surface area contributed by atoms with Gasteiger partial charge in [-0.1, -0.05) is 6.07 Å².